The number of aromatic nitrogens is 1. The van der Waals surface area contributed by atoms with Gasteiger partial charge in [-0.25, -0.2) is 4.98 Å². The van der Waals surface area contributed by atoms with Crippen molar-refractivity contribution in [2.24, 2.45) is 5.92 Å². The zero-order valence-corrected chi connectivity index (χ0v) is 14.1. The molecule has 0 radical (unpaired) electrons. The van der Waals surface area contributed by atoms with Crippen LogP contribution in [0, 0.1) is 5.92 Å². The highest BCUT2D eigenvalue weighted by atomic mass is 32.1. The highest BCUT2D eigenvalue weighted by Gasteiger charge is 2.12. The summed E-state index contributed by atoms with van der Waals surface area (Å²) in [6, 6.07) is 10.5. The van der Waals surface area contributed by atoms with E-state index in [4.69, 9.17) is 4.98 Å². The van der Waals surface area contributed by atoms with Crippen molar-refractivity contribution in [2.45, 2.75) is 44.9 Å². The van der Waals surface area contributed by atoms with Crippen molar-refractivity contribution in [1.82, 2.24) is 10.3 Å². The summed E-state index contributed by atoms with van der Waals surface area (Å²) >= 11 is 1.75. The average Bonchev–Trinajstić information content (AvgIpc) is 3.05. The molecule has 0 amide bonds. The van der Waals surface area contributed by atoms with E-state index in [0.29, 0.717) is 0 Å². The lowest BCUT2D eigenvalue weighted by Crippen LogP contribution is -2.21. The number of nitrogens with one attached hydrogen (secondary N) is 1. The van der Waals surface area contributed by atoms with Crippen molar-refractivity contribution in [3.05, 3.63) is 41.4 Å². The maximum Gasteiger partial charge on any atom is 0.123 e. The van der Waals surface area contributed by atoms with E-state index in [2.05, 4.69) is 35.0 Å². The number of benzene rings is 1. The van der Waals surface area contributed by atoms with Crippen molar-refractivity contribution in [3.63, 3.8) is 0 Å². The molecule has 1 saturated carbocycles. The second kappa shape index (κ2) is 8.44. The van der Waals surface area contributed by atoms with E-state index < -0.39 is 0 Å². The van der Waals surface area contributed by atoms with Crippen LogP contribution in [0.1, 0.15) is 44.2 Å². The van der Waals surface area contributed by atoms with E-state index in [0.717, 1.165) is 23.9 Å². The summed E-state index contributed by atoms with van der Waals surface area (Å²) in [5.41, 5.74) is 2.44. The van der Waals surface area contributed by atoms with Crippen LogP contribution in [0.2, 0.25) is 0 Å². The Morgan fingerprint density at radius 1 is 1.05 bits per heavy atom. The second-order valence-corrected chi connectivity index (χ2v) is 7.16. The molecule has 1 N–H and O–H groups in total. The first-order chi connectivity index (χ1) is 10.9. The van der Waals surface area contributed by atoms with Gasteiger partial charge in [-0.05, 0) is 18.9 Å². The number of nitrogens with zero attached hydrogens (tertiary/aromatic N) is 1. The first-order valence-corrected chi connectivity index (χ1v) is 9.50. The number of rotatable bonds is 7. The SMILES string of the molecule is c1ccc(-c2nc(CCNCCC3CCCCC3)cs2)cc1. The topological polar surface area (TPSA) is 24.9 Å². The third-order valence-corrected chi connectivity index (χ3v) is 5.52. The number of hydrogen-bond acceptors (Lipinski definition) is 3. The zero-order chi connectivity index (χ0) is 15.0. The molecule has 22 heavy (non-hydrogen) atoms. The summed E-state index contributed by atoms with van der Waals surface area (Å²) in [4.78, 5) is 4.75. The van der Waals surface area contributed by atoms with Gasteiger partial charge in [-0.3, -0.25) is 0 Å². The molecule has 2 aromatic rings. The van der Waals surface area contributed by atoms with Gasteiger partial charge in [-0.15, -0.1) is 11.3 Å². The maximum atomic E-state index is 4.75. The Morgan fingerprint density at radius 3 is 2.68 bits per heavy atom. The third kappa shape index (κ3) is 4.65. The molecular weight excluding hydrogens is 288 g/mol. The molecule has 1 heterocycles. The molecule has 0 unspecified atom stereocenters. The minimum Gasteiger partial charge on any atom is -0.316 e. The average molecular weight is 314 g/mol. The zero-order valence-electron chi connectivity index (χ0n) is 13.3. The van der Waals surface area contributed by atoms with Crippen molar-refractivity contribution in [3.8, 4) is 10.6 Å². The van der Waals surface area contributed by atoms with Crippen LogP contribution in [-0.2, 0) is 6.42 Å². The Hall–Kier alpha value is -1.19. The van der Waals surface area contributed by atoms with E-state index in [1.54, 1.807) is 11.3 Å². The summed E-state index contributed by atoms with van der Waals surface area (Å²) in [5, 5.41) is 6.93. The predicted molar refractivity (Wildman–Crippen MR) is 95.3 cm³/mol. The standard InChI is InChI=1S/C19H26N2S/c1-3-7-16(8-4-1)11-13-20-14-12-18-15-22-19(21-18)17-9-5-2-6-10-17/h2,5-6,9-10,15-16,20H,1,3-4,7-8,11-14H2. The summed E-state index contributed by atoms with van der Waals surface area (Å²) in [7, 11) is 0. The van der Waals surface area contributed by atoms with Crippen molar-refractivity contribution in [2.75, 3.05) is 13.1 Å². The van der Waals surface area contributed by atoms with Crippen LogP contribution in [0.5, 0.6) is 0 Å². The van der Waals surface area contributed by atoms with E-state index in [9.17, 15) is 0 Å². The summed E-state index contributed by atoms with van der Waals surface area (Å²) < 4.78 is 0. The molecule has 0 aliphatic heterocycles. The molecule has 1 aliphatic carbocycles. The largest absolute Gasteiger partial charge is 0.316 e. The molecule has 1 aromatic heterocycles. The number of hydrogen-bond donors (Lipinski definition) is 1. The first-order valence-electron chi connectivity index (χ1n) is 8.62. The van der Waals surface area contributed by atoms with Gasteiger partial charge in [0, 0.05) is 23.9 Å². The van der Waals surface area contributed by atoms with Crippen molar-refractivity contribution in [1.29, 1.82) is 0 Å². The number of thiazole rings is 1. The van der Waals surface area contributed by atoms with Crippen LogP contribution in [0.3, 0.4) is 0 Å². The molecular formula is C19H26N2S. The fourth-order valence-corrected chi connectivity index (χ4v) is 4.12. The lowest BCUT2D eigenvalue weighted by molar-refractivity contribution is 0.334. The quantitative estimate of drug-likeness (QED) is 0.734. The van der Waals surface area contributed by atoms with E-state index >= 15 is 0 Å². The Labute approximate surface area is 138 Å². The van der Waals surface area contributed by atoms with Gasteiger partial charge < -0.3 is 5.32 Å². The second-order valence-electron chi connectivity index (χ2n) is 6.30. The monoisotopic (exact) mass is 314 g/mol. The van der Waals surface area contributed by atoms with Crippen LogP contribution in [-0.4, -0.2) is 18.1 Å². The van der Waals surface area contributed by atoms with Gasteiger partial charge in [0.1, 0.15) is 5.01 Å². The first kappa shape index (κ1) is 15.7. The van der Waals surface area contributed by atoms with Gasteiger partial charge in [0.15, 0.2) is 0 Å². The Bertz CT molecular complexity index is 544. The summed E-state index contributed by atoms with van der Waals surface area (Å²) in [6.07, 6.45) is 9.65. The molecule has 1 aromatic carbocycles. The minimum absolute atomic E-state index is 0.977. The fourth-order valence-electron chi connectivity index (χ4n) is 3.26. The minimum atomic E-state index is 0.977. The Kier molecular flexibility index (Phi) is 6.02. The molecule has 0 bridgehead atoms. The van der Waals surface area contributed by atoms with Crippen LogP contribution in [0.15, 0.2) is 35.7 Å². The van der Waals surface area contributed by atoms with Crippen LogP contribution in [0.4, 0.5) is 0 Å². The molecule has 118 valence electrons. The predicted octanol–water partition coefficient (Wildman–Crippen LogP) is 4.91. The van der Waals surface area contributed by atoms with E-state index in [-0.39, 0.29) is 0 Å². The Morgan fingerprint density at radius 2 is 1.86 bits per heavy atom. The van der Waals surface area contributed by atoms with Crippen LogP contribution in [0.25, 0.3) is 10.6 Å². The van der Waals surface area contributed by atoms with Gasteiger partial charge in [0.25, 0.3) is 0 Å². The van der Waals surface area contributed by atoms with E-state index in [1.807, 2.05) is 6.07 Å². The normalized spacial score (nSPS) is 16.0. The highest BCUT2D eigenvalue weighted by Crippen LogP contribution is 2.26. The molecule has 0 spiro atoms. The molecule has 0 saturated heterocycles. The molecule has 3 rings (SSSR count). The molecule has 3 heteroatoms. The molecule has 1 aliphatic rings. The summed E-state index contributed by atoms with van der Waals surface area (Å²) in [5.74, 6) is 0.977. The fraction of sp³-hybridized carbons (Fsp3) is 0.526. The van der Waals surface area contributed by atoms with Crippen LogP contribution < -0.4 is 5.32 Å². The van der Waals surface area contributed by atoms with Gasteiger partial charge in [-0.2, -0.15) is 0 Å². The van der Waals surface area contributed by atoms with Gasteiger partial charge in [-0.1, -0.05) is 62.4 Å². The lowest BCUT2D eigenvalue weighted by Gasteiger charge is -2.21. The van der Waals surface area contributed by atoms with Crippen molar-refractivity contribution < 1.29 is 0 Å². The maximum absolute atomic E-state index is 4.75. The molecule has 2 nitrogen and oxygen atoms in total. The molecule has 0 atom stereocenters. The van der Waals surface area contributed by atoms with Gasteiger partial charge >= 0.3 is 0 Å². The highest BCUT2D eigenvalue weighted by molar-refractivity contribution is 7.13. The van der Waals surface area contributed by atoms with E-state index in [1.165, 1.54) is 56.3 Å². The molecule has 1 fully saturated rings. The van der Waals surface area contributed by atoms with Gasteiger partial charge in [0.05, 0.1) is 5.69 Å². The van der Waals surface area contributed by atoms with Gasteiger partial charge in [0.2, 0.25) is 0 Å². The van der Waals surface area contributed by atoms with Crippen molar-refractivity contribution >= 4 is 11.3 Å². The smallest absolute Gasteiger partial charge is 0.123 e. The summed E-state index contributed by atoms with van der Waals surface area (Å²) in [6.45, 7) is 2.21. The van der Waals surface area contributed by atoms with Crippen LogP contribution >= 0.6 is 11.3 Å². The third-order valence-electron chi connectivity index (χ3n) is 4.58. The lowest BCUT2D eigenvalue weighted by atomic mass is 9.87. The Balaban J connectivity index is 1.36.